The molecular formula is C8H17NO3S. The minimum Gasteiger partial charge on any atom is -0.391 e. The van der Waals surface area contributed by atoms with Crippen molar-refractivity contribution in [2.45, 2.75) is 38.0 Å². The number of rotatable bonds is 5. The van der Waals surface area contributed by atoms with E-state index in [4.69, 9.17) is 0 Å². The first-order chi connectivity index (χ1) is 5.93. The number of aliphatic hydroxyl groups is 1. The summed E-state index contributed by atoms with van der Waals surface area (Å²) in [5.74, 6) is 0.0851. The molecule has 13 heavy (non-hydrogen) atoms. The lowest BCUT2D eigenvalue weighted by Crippen LogP contribution is -2.36. The van der Waals surface area contributed by atoms with Gasteiger partial charge in [0, 0.05) is 6.54 Å². The summed E-state index contributed by atoms with van der Waals surface area (Å²) in [5.41, 5.74) is 0. The Morgan fingerprint density at radius 2 is 2.00 bits per heavy atom. The van der Waals surface area contributed by atoms with E-state index < -0.39 is 16.1 Å². The molecule has 0 radical (unpaired) electrons. The standard InChI is InChI=1S/C8H17NO3S/c1-6(2)8(10)5-9-13(11,12)7-3-4-7/h6-10H,3-5H2,1-2H3. The van der Waals surface area contributed by atoms with Crippen LogP contribution >= 0.6 is 0 Å². The minimum absolute atomic E-state index is 0.0851. The Morgan fingerprint density at radius 1 is 1.46 bits per heavy atom. The van der Waals surface area contributed by atoms with Crippen molar-refractivity contribution in [1.82, 2.24) is 4.72 Å². The van der Waals surface area contributed by atoms with E-state index in [1.807, 2.05) is 13.8 Å². The zero-order valence-corrected chi connectivity index (χ0v) is 8.84. The molecule has 0 bridgehead atoms. The van der Waals surface area contributed by atoms with Crippen LogP contribution in [0.1, 0.15) is 26.7 Å². The highest BCUT2D eigenvalue weighted by molar-refractivity contribution is 7.90. The number of hydrogen-bond acceptors (Lipinski definition) is 3. The van der Waals surface area contributed by atoms with Gasteiger partial charge < -0.3 is 5.11 Å². The third-order valence-electron chi connectivity index (χ3n) is 2.23. The fourth-order valence-corrected chi connectivity index (χ4v) is 2.33. The molecule has 5 heteroatoms. The van der Waals surface area contributed by atoms with Crippen LogP contribution in [0.15, 0.2) is 0 Å². The molecule has 4 nitrogen and oxygen atoms in total. The van der Waals surface area contributed by atoms with Gasteiger partial charge in [0.25, 0.3) is 0 Å². The van der Waals surface area contributed by atoms with Crippen molar-refractivity contribution in [3.63, 3.8) is 0 Å². The molecule has 1 rings (SSSR count). The van der Waals surface area contributed by atoms with E-state index in [0.29, 0.717) is 0 Å². The number of aliphatic hydroxyl groups excluding tert-OH is 1. The average molecular weight is 207 g/mol. The second-order valence-corrected chi connectivity index (χ2v) is 5.95. The Balaban J connectivity index is 2.33. The van der Waals surface area contributed by atoms with E-state index >= 15 is 0 Å². The fraction of sp³-hybridized carbons (Fsp3) is 1.00. The van der Waals surface area contributed by atoms with Gasteiger partial charge in [0.1, 0.15) is 0 Å². The van der Waals surface area contributed by atoms with Crippen LogP contribution in [-0.2, 0) is 10.0 Å². The third-order valence-corrected chi connectivity index (χ3v) is 4.14. The van der Waals surface area contributed by atoms with Gasteiger partial charge in [0.2, 0.25) is 10.0 Å². The topological polar surface area (TPSA) is 66.4 Å². The van der Waals surface area contributed by atoms with Gasteiger partial charge in [0.05, 0.1) is 11.4 Å². The van der Waals surface area contributed by atoms with Crippen molar-refractivity contribution in [1.29, 1.82) is 0 Å². The fourth-order valence-electron chi connectivity index (χ4n) is 0.933. The van der Waals surface area contributed by atoms with Crippen LogP contribution in [0.4, 0.5) is 0 Å². The van der Waals surface area contributed by atoms with Crippen LogP contribution in [0.25, 0.3) is 0 Å². The van der Waals surface area contributed by atoms with Gasteiger partial charge in [-0.1, -0.05) is 13.8 Å². The zero-order chi connectivity index (χ0) is 10.1. The van der Waals surface area contributed by atoms with Crippen LogP contribution in [0, 0.1) is 5.92 Å². The van der Waals surface area contributed by atoms with Crippen LogP contribution in [0.5, 0.6) is 0 Å². The Hall–Kier alpha value is -0.130. The molecular weight excluding hydrogens is 190 g/mol. The summed E-state index contributed by atoms with van der Waals surface area (Å²) in [5, 5.41) is 9.16. The third kappa shape index (κ3) is 3.25. The SMILES string of the molecule is CC(C)C(O)CNS(=O)(=O)C1CC1. The molecule has 1 fully saturated rings. The normalized spacial score (nSPS) is 20.6. The molecule has 1 atom stereocenters. The predicted molar refractivity (Wildman–Crippen MR) is 50.8 cm³/mol. The largest absolute Gasteiger partial charge is 0.391 e. The van der Waals surface area contributed by atoms with Gasteiger partial charge in [0.15, 0.2) is 0 Å². The second-order valence-electron chi connectivity index (χ2n) is 3.90. The first-order valence-electron chi connectivity index (χ1n) is 4.60. The molecule has 0 aromatic carbocycles. The summed E-state index contributed by atoms with van der Waals surface area (Å²) in [4.78, 5) is 0. The molecule has 2 N–H and O–H groups in total. The summed E-state index contributed by atoms with van der Waals surface area (Å²) >= 11 is 0. The second kappa shape index (κ2) is 3.94. The van der Waals surface area contributed by atoms with Crippen molar-refractivity contribution in [3.05, 3.63) is 0 Å². The lowest BCUT2D eigenvalue weighted by Gasteiger charge is -2.14. The van der Waals surface area contributed by atoms with E-state index in [1.54, 1.807) is 0 Å². The smallest absolute Gasteiger partial charge is 0.214 e. The zero-order valence-electron chi connectivity index (χ0n) is 8.03. The Bertz CT molecular complexity index is 257. The molecule has 78 valence electrons. The molecule has 0 spiro atoms. The first kappa shape index (κ1) is 10.9. The molecule has 0 heterocycles. The molecule has 1 aliphatic carbocycles. The molecule has 0 saturated heterocycles. The molecule has 0 aromatic rings. The quantitative estimate of drug-likeness (QED) is 0.671. The van der Waals surface area contributed by atoms with E-state index in [2.05, 4.69) is 4.72 Å². The number of hydrogen-bond donors (Lipinski definition) is 2. The summed E-state index contributed by atoms with van der Waals surface area (Å²) in [6.45, 7) is 3.85. The maximum Gasteiger partial charge on any atom is 0.214 e. The van der Waals surface area contributed by atoms with E-state index in [9.17, 15) is 13.5 Å². The first-order valence-corrected chi connectivity index (χ1v) is 6.14. The molecule has 0 aliphatic heterocycles. The minimum atomic E-state index is -3.13. The Morgan fingerprint density at radius 3 is 2.38 bits per heavy atom. The summed E-state index contributed by atoms with van der Waals surface area (Å²) in [7, 11) is -3.13. The monoisotopic (exact) mass is 207 g/mol. The van der Waals surface area contributed by atoms with Gasteiger partial charge in [-0.25, -0.2) is 13.1 Å². The Kier molecular flexibility index (Phi) is 3.32. The van der Waals surface area contributed by atoms with Gasteiger partial charge in [-0.2, -0.15) is 0 Å². The lowest BCUT2D eigenvalue weighted by molar-refractivity contribution is 0.129. The lowest BCUT2D eigenvalue weighted by atomic mass is 10.1. The maximum absolute atomic E-state index is 11.3. The van der Waals surface area contributed by atoms with Crippen LogP contribution in [0.2, 0.25) is 0 Å². The molecule has 1 saturated carbocycles. The highest BCUT2D eigenvalue weighted by atomic mass is 32.2. The van der Waals surface area contributed by atoms with E-state index in [1.165, 1.54) is 0 Å². The van der Waals surface area contributed by atoms with E-state index in [-0.39, 0.29) is 17.7 Å². The number of sulfonamides is 1. The molecule has 0 amide bonds. The van der Waals surface area contributed by atoms with Crippen LogP contribution < -0.4 is 4.72 Å². The molecule has 1 unspecified atom stereocenters. The van der Waals surface area contributed by atoms with Crippen molar-refractivity contribution < 1.29 is 13.5 Å². The highest BCUT2D eigenvalue weighted by Gasteiger charge is 2.35. The molecule has 1 aliphatic rings. The van der Waals surface area contributed by atoms with Crippen molar-refractivity contribution >= 4 is 10.0 Å². The van der Waals surface area contributed by atoms with Crippen molar-refractivity contribution in [3.8, 4) is 0 Å². The summed E-state index contributed by atoms with van der Waals surface area (Å²) < 4.78 is 25.0. The summed E-state index contributed by atoms with van der Waals surface area (Å²) in [6, 6.07) is 0. The van der Waals surface area contributed by atoms with Gasteiger partial charge in [-0.3, -0.25) is 0 Å². The van der Waals surface area contributed by atoms with Gasteiger partial charge >= 0.3 is 0 Å². The van der Waals surface area contributed by atoms with Gasteiger partial charge in [-0.05, 0) is 18.8 Å². The summed E-state index contributed by atoms with van der Waals surface area (Å²) in [6.07, 6.45) is 0.925. The van der Waals surface area contributed by atoms with Gasteiger partial charge in [-0.15, -0.1) is 0 Å². The Labute approximate surface area is 79.4 Å². The highest BCUT2D eigenvalue weighted by Crippen LogP contribution is 2.27. The van der Waals surface area contributed by atoms with Crippen molar-refractivity contribution in [2.24, 2.45) is 5.92 Å². The average Bonchev–Trinajstić information content (AvgIpc) is 2.81. The van der Waals surface area contributed by atoms with Crippen LogP contribution in [0.3, 0.4) is 0 Å². The molecule has 0 aromatic heterocycles. The van der Waals surface area contributed by atoms with E-state index in [0.717, 1.165) is 12.8 Å². The number of nitrogens with one attached hydrogen (secondary N) is 1. The maximum atomic E-state index is 11.3. The van der Waals surface area contributed by atoms with Crippen LogP contribution in [-0.4, -0.2) is 31.4 Å². The predicted octanol–water partition coefficient (Wildman–Crippen LogP) is 0.0851. The van der Waals surface area contributed by atoms with Crippen molar-refractivity contribution in [2.75, 3.05) is 6.54 Å².